The van der Waals surface area contributed by atoms with Crippen molar-refractivity contribution in [3.05, 3.63) is 0 Å². The molecule has 0 aromatic rings. The maximum Gasteiger partial charge on any atom is 0.134 e. The highest BCUT2D eigenvalue weighted by Crippen LogP contribution is 1.84. The van der Waals surface area contributed by atoms with Crippen LogP contribution in [0.25, 0.3) is 0 Å². The zero-order chi connectivity index (χ0) is 11.4. The fourth-order valence-electron chi connectivity index (χ4n) is 0.760. The summed E-state index contributed by atoms with van der Waals surface area (Å²) < 4.78 is 0. The molecule has 0 heterocycles. The predicted molar refractivity (Wildman–Crippen MR) is 62.4 cm³/mol. The second kappa shape index (κ2) is 13.3. The zero-order valence-corrected chi connectivity index (χ0v) is 10.9. The molecule has 0 saturated carbocycles. The number of nitrogens with zero attached hydrogens (tertiary/aromatic N) is 1. The Bertz CT molecular complexity index is 91.6. The van der Waals surface area contributed by atoms with Crippen LogP contribution in [-0.2, 0) is 0 Å². The van der Waals surface area contributed by atoms with Crippen molar-refractivity contribution < 1.29 is 15.3 Å². The van der Waals surface area contributed by atoms with Crippen molar-refractivity contribution in [2.45, 2.75) is 13.1 Å². The monoisotopic (exact) mass is 243 g/mol. The molecular formula is C8H22ClNO3Si. The molecule has 3 N–H and O–H groups in total. The van der Waals surface area contributed by atoms with Gasteiger partial charge in [0.1, 0.15) is 8.11 Å². The molecule has 4 nitrogen and oxygen atoms in total. The van der Waals surface area contributed by atoms with Crippen LogP contribution in [-0.4, -0.2) is 67.8 Å². The van der Waals surface area contributed by atoms with Crippen molar-refractivity contribution in [3.8, 4) is 0 Å². The molecule has 0 amide bonds. The van der Waals surface area contributed by atoms with Crippen molar-refractivity contribution in [2.24, 2.45) is 0 Å². The second-order valence-corrected chi connectivity index (χ2v) is 7.67. The van der Waals surface area contributed by atoms with Crippen LogP contribution in [0, 0.1) is 0 Å². The first kappa shape index (κ1) is 16.8. The van der Waals surface area contributed by atoms with Gasteiger partial charge in [-0.15, -0.1) is 0 Å². The third kappa shape index (κ3) is 18.2. The summed E-state index contributed by atoms with van der Waals surface area (Å²) in [5, 5.41) is 25.5. The summed E-state index contributed by atoms with van der Waals surface area (Å²) in [6, 6.07) is 0. The first-order chi connectivity index (χ1) is 6.58. The average Bonchev–Trinajstić information content (AvgIpc) is 2.04. The van der Waals surface area contributed by atoms with Gasteiger partial charge in [-0.3, -0.25) is 4.90 Å². The minimum atomic E-state index is -0.667. The standard InChI is InChI=1S/C6H15NO3.C2H7ClSi/c8-4-1-7(2-5-9)3-6-10;1-4(2)3/h8-10H,1-6H2;4H,1-2H3. The van der Waals surface area contributed by atoms with Crippen LogP contribution in [0.5, 0.6) is 0 Å². The maximum absolute atomic E-state index is 8.48. The van der Waals surface area contributed by atoms with Gasteiger partial charge in [0.05, 0.1) is 19.8 Å². The van der Waals surface area contributed by atoms with Crippen LogP contribution in [0.2, 0.25) is 13.1 Å². The summed E-state index contributed by atoms with van der Waals surface area (Å²) >= 11 is 5.41. The number of hydrogen-bond acceptors (Lipinski definition) is 4. The van der Waals surface area contributed by atoms with E-state index in [0.717, 1.165) is 0 Å². The SMILES string of the molecule is C[SiH](C)Cl.OCCN(CCO)CCO. The van der Waals surface area contributed by atoms with Gasteiger partial charge in [-0.2, -0.15) is 11.1 Å². The van der Waals surface area contributed by atoms with Gasteiger partial charge in [-0.1, -0.05) is 13.1 Å². The molecule has 0 bridgehead atoms. The Morgan fingerprint density at radius 1 is 0.929 bits per heavy atom. The molecule has 0 aliphatic heterocycles. The molecule has 6 heteroatoms. The number of hydrogen-bond donors (Lipinski definition) is 3. The Balaban J connectivity index is 0. The zero-order valence-electron chi connectivity index (χ0n) is 8.99. The molecule has 14 heavy (non-hydrogen) atoms. The van der Waals surface area contributed by atoms with E-state index in [0.29, 0.717) is 19.6 Å². The van der Waals surface area contributed by atoms with E-state index in [1.165, 1.54) is 0 Å². The third-order valence-corrected chi connectivity index (χ3v) is 1.25. The molecule has 0 aliphatic carbocycles. The van der Waals surface area contributed by atoms with E-state index in [9.17, 15) is 0 Å². The highest BCUT2D eigenvalue weighted by Gasteiger charge is 2.00. The molecule has 0 fully saturated rings. The minimum Gasteiger partial charge on any atom is -0.395 e. The number of halogens is 1. The molecule has 0 radical (unpaired) electrons. The van der Waals surface area contributed by atoms with Gasteiger partial charge in [0.25, 0.3) is 0 Å². The summed E-state index contributed by atoms with van der Waals surface area (Å²) in [7, 11) is -0.667. The van der Waals surface area contributed by atoms with Gasteiger partial charge in [0.15, 0.2) is 0 Å². The molecule has 0 aromatic heterocycles. The van der Waals surface area contributed by atoms with Crippen molar-refractivity contribution in [3.63, 3.8) is 0 Å². The lowest BCUT2D eigenvalue weighted by atomic mass is 10.4. The van der Waals surface area contributed by atoms with E-state index < -0.39 is 8.11 Å². The summed E-state index contributed by atoms with van der Waals surface area (Å²) in [5.41, 5.74) is 0. The number of aliphatic hydroxyl groups is 3. The quantitative estimate of drug-likeness (QED) is 0.434. The smallest absolute Gasteiger partial charge is 0.134 e. The summed E-state index contributed by atoms with van der Waals surface area (Å²) in [6.45, 7) is 5.90. The summed E-state index contributed by atoms with van der Waals surface area (Å²) in [5.74, 6) is 0. The van der Waals surface area contributed by atoms with Gasteiger partial charge < -0.3 is 15.3 Å². The summed E-state index contributed by atoms with van der Waals surface area (Å²) in [4.78, 5) is 1.79. The molecule has 0 aliphatic rings. The fraction of sp³-hybridized carbons (Fsp3) is 1.00. The van der Waals surface area contributed by atoms with Crippen LogP contribution in [0.15, 0.2) is 0 Å². The van der Waals surface area contributed by atoms with Crippen LogP contribution in [0.4, 0.5) is 0 Å². The molecule has 0 spiro atoms. The molecule has 0 unspecified atom stereocenters. The van der Waals surface area contributed by atoms with Crippen molar-refractivity contribution in [2.75, 3.05) is 39.5 Å². The first-order valence-electron chi connectivity index (χ1n) is 4.77. The topological polar surface area (TPSA) is 63.9 Å². The second-order valence-electron chi connectivity index (χ2n) is 3.03. The van der Waals surface area contributed by atoms with Gasteiger partial charge >= 0.3 is 0 Å². The normalized spacial score (nSPS) is 10.3. The lowest BCUT2D eigenvalue weighted by molar-refractivity contribution is 0.136. The predicted octanol–water partition coefficient (Wildman–Crippen LogP) is -0.526. The lowest BCUT2D eigenvalue weighted by Crippen LogP contribution is -2.32. The third-order valence-electron chi connectivity index (χ3n) is 1.25. The largest absolute Gasteiger partial charge is 0.395 e. The Morgan fingerprint density at radius 2 is 1.14 bits per heavy atom. The molecular weight excluding hydrogens is 222 g/mol. The van der Waals surface area contributed by atoms with Crippen LogP contribution >= 0.6 is 11.1 Å². The van der Waals surface area contributed by atoms with Gasteiger partial charge in [0, 0.05) is 19.6 Å². The minimum absolute atomic E-state index is 0.0694. The molecule has 0 atom stereocenters. The van der Waals surface area contributed by atoms with Crippen LogP contribution < -0.4 is 0 Å². The Hall–Kier alpha value is 0.347. The lowest BCUT2D eigenvalue weighted by Gasteiger charge is -2.17. The van der Waals surface area contributed by atoms with E-state index in [1.54, 1.807) is 4.90 Å². The molecule has 88 valence electrons. The molecule has 0 saturated heterocycles. The van der Waals surface area contributed by atoms with Crippen LogP contribution in [0.1, 0.15) is 0 Å². The van der Waals surface area contributed by atoms with Gasteiger partial charge in [-0.25, -0.2) is 0 Å². The van der Waals surface area contributed by atoms with Crippen molar-refractivity contribution in [1.82, 2.24) is 4.90 Å². The Labute approximate surface area is 92.4 Å². The number of rotatable bonds is 6. The summed E-state index contributed by atoms with van der Waals surface area (Å²) in [6.07, 6.45) is 0. The Morgan fingerprint density at radius 3 is 1.29 bits per heavy atom. The average molecular weight is 244 g/mol. The van der Waals surface area contributed by atoms with E-state index >= 15 is 0 Å². The first-order valence-corrected chi connectivity index (χ1v) is 8.83. The highest BCUT2D eigenvalue weighted by atomic mass is 35.6. The van der Waals surface area contributed by atoms with Crippen LogP contribution in [0.3, 0.4) is 0 Å². The maximum atomic E-state index is 8.48. The van der Waals surface area contributed by atoms with Gasteiger partial charge in [-0.05, 0) is 0 Å². The highest BCUT2D eigenvalue weighted by molar-refractivity contribution is 7.05. The fourth-order valence-corrected chi connectivity index (χ4v) is 0.760. The Kier molecular flexibility index (Phi) is 16.0. The van der Waals surface area contributed by atoms with E-state index in [4.69, 9.17) is 26.4 Å². The van der Waals surface area contributed by atoms with E-state index in [2.05, 4.69) is 13.1 Å². The molecule has 0 aromatic carbocycles. The van der Waals surface area contributed by atoms with Gasteiger partial charge in [0.2, 0.25) is 0 Å². The van der Waals surface area contributed by atoms with Crippen molar-refractivity contribution >= 4 is 19.2 Å². The van der Waals surface area contributed by atoms with E-state index in [-0.39, 0.29) is 19.8 Å². The van der Waals surface area contributed by atoms with Crippen molar-refractivity contribution in [1.29, 1.82) is 0 Å². The van der Waals surface area contributed by atoms with E-state index in [1.807, 2.05) is 0 Å². The molecule has 0 rings (SSSR count). The number of aliphatic hydroxyl groups excluding tert-OH is 3.